The summed E-state index contributed by atoms with van der Waals surface area (Å²) >= 11 is 6.23. The molecule has 0 aromatic heterocycles. The number of aromatic hydroxyl groups is 1. The lowest BCUT2D eigenvalue weighted by Crippen LogP contribution is -2.50. The van der Waals surface area contributed by atoms with E-state index in [2.05, 4.69) is 0 Å². The van der Waals surface area contributed by atoms with E-state index in [0.29, 0.717) is 0 Å². The number of nitrogens with two attached hydrogens (primary N) is 1. The fraction of sp³-hybridized carbons (Fsp3) is 0.350. The van der Waals surface area contributed by atoms with E-state index in [1.807, 2.05) is 0 Å². The minimum atomic E-state index is -1.74. The Bertz CT molecular complexity index is 1070. The van der Waals surface area contributed by atoms with Crippen molar-refractivity contribution in [3.05, 3.63) is 45.2 Å². The molecule has 3 aliphatic carbocycles. The van der Waals surface area contributed by atoms with Crippen LogP contribution in [0.25, 0.3) is 5.76 Å². The van der Waals surface area contributed by atoms with Crippen LogP contribution in [0.5, 0.6) is 5.75 Å². The number of ketones is 2. The zero-order valence-electron chi connectivity index (χ0n) is 15.3. The van der Waals surface area contributed by atoms with Gasteiger partial charge in [0.05, 0.1) is 17.1 Å². The second kappa shape index (κ2) is 6.08. The first kappa shape index (κ1) is 19.5. The Hall–Kier alpha value is -2.84. The van der Waals surface area contributed by atoms with E-state index in [9.17, 15) is 34.8 Å². The number of fused-ring (bicyclic) bond motifs is 3. The predicted octanol–water partition coefficient (Wildman–Crippen LogP) is 1.63. The smallest absolute Gasteiger partial charge is 0.255 e. The van der Waals surface area contributed by atoms with Gasteiger partial charge in [0.1, 0.15) is 22.8 Å². The number of primary amides is 1. The van der Waals surface area contributed by atoms with Crippen LogP contribution >= 0.6 is 11.6 Å². The second-order valence-electron chi connectivity index (χ2n) is 7.87. The molecule has 0 aliphatic heterocycles. The number of benzene rings is 1. The molecule has 8 nitrogen and oxygen atoms in total. The summed E-state index contributed by atoms with van der Waals surface area (Å²) in [6.07, 6.45) is -0.143. The first-order valence-electron chi connectivity index (χ1n) is 8.96. The average Bonchev–Trinajstić information content (AvgIpc) is 2.60. The third kappa shape index (κ3) is 2.45. The van der Waals surface area contributed by atoms with Gasteiger partial charge in [0.2, 0.25) is 0 Å². The minimum absolute atomic E-state index is 0.0655. The zero-order valence-corrected chi connectivity index (χ0v) is 16.0. The predicted molar refractivity (Wildman–Crippen MR) is 101 cm³/mol. The number of allylic oxidation sites excluding steroid dienone is 1. The van der Waals surface area contributed by atoms with Gasteiger partial charge in [0.25, 0.3) is 5.91 Å². The minimum Gasteiger partial charge on any atom is -0.511 e. The van der Waals surface area contributed by atoms with Crippen molar-refractivity contribution in [1.29, 1.82) is 0 Å². The topological polar surface area (TPSA) is 158 Å². The van der Waals surface area contributed by atoms with Gasteiger partial charge in [-0.25, -0.2) is 0 Å². The molecule has 29 heavy (non-hydrogen) atoms. The summed E-state index contributed by atoms with van der Waals surface area (Å²) in [6.45, 7) is 1.41. The highest BCUT2D eigenvalue weighted by molar-refractivity contribution is 6.32. The molecule has 3 aliphatic rings. The van der Waals surface area contributed by atoms with Crippen molar-refractivity contribution >= 4 is 34.8 Å². The maximum atomic E-state index is 13.3. The molecular formula is C20H18ClNO7. The Morgan fingerprint density at radius 3 is 2.52 bits per heavy atom. The Morgan fingerprint density at radius 1 is 1.24 bits per heavy atom. The number of Topliss-reactive ketones (excluding diaryl/α,β-unsaturated/α-hetero) is 2. The average molecular weight is 420 g/mol. The highest BCUT2D eigenvalue weighted by Gasteiger charge is 2.56. The lowest BCUT2D eigenvalue weighted by atomic mass is 9.57. The Balaban J connectivity index is 1.97. The van der Waals surface area contributed by atoms with Gasteiger partial charge in [-0.05, 0) is 31.4 Å². The fourth-order valence-corrected chi connectivity index (χ4v) is 5.31. The van der Waals surface area contributed by atoms with Gasteiger partial charge in [-0.2, -0.15) is 0 Å². The summed E-state index contributed by atoms with van der Waals surface area (Å²) in [6, 6.07) is 2.60. The van der Waals surface area contributed by atoms with Crippen LogP contribution in [-0.2, 0) is 20.0 Å². The number of hydrogen-bond acceptors (Lipinski definition) is 7. The Labute approximate surface area is 169 Å². The van der Waals surface area contributed by atoms with Crippen molar-refractivity contribution in [3.8, 4) is 5.75 Å². The number of carbonyl (C=O) groups excluding carboxylic acids is 3. The molecule has 4 rings (SSSR count). The number of amides is 1. The van der Waals surface area contributed by atoms with E-state index in [0.717, 1.165) is 0 Å². The summed E-state index contributed by atoms with van der Waals surface area (Å²) in [5.74, 6) is -7.06. The number of phenolic OH excluding ortho intramolecular Hbond substituents is 1. The standard InChI is InChI=1S/C20H18ClNO7/c1-20(29)7-4-6-5-10(24)14(19(22)28)17(26)11(6)16(25)12(7)18(27)13-9(23)3-2-8(21)15(13)20/h2-3,6-7,11,23,26-27,29H,4-5H2,1H3,(H2,22,28). The van der Waals surface area contributed by atoms with Gasteiger partial charge in [-0.3, -0.25) is 14.4 Å². The van der Waals surface area contributed by atoms with Crippen LogP contribution in [0.1, 0.15) is 30.9 Å². The fourth-order valence-electron chi connectivity index (χ4n) is 4.96. The van der Waals surface area contributed by atoms with Gasteiger partial charge in [-0.15, -0.1) is 0 Å². The monoisotopic (exact) mass is 419 g/mol. The number of aliphatic hydroxyl groups excluding tert-OH is 2. The van der Waals surface area contributed by atoms with E-state index >= 15 is 0 Å². The van der Waals surface area contributed by atoms with Crippen molar-refractivity contribution in [2.45, 2.75) is 25.4 Å². The van der Waals surface area contributed by atoms with Gasteiger partial charge in [-0.1, -0.05) is 11.6 Å². The number of rotatable bonds is 1. The van der Waals surface area contributed by atoms with Crippen molar-refractivity contribution in [2.75, 3.05) is 0 Å². The van der Waals surface area contributed by atoms with Crippen LogP contribution in [0.3, 0.4) is 0 Å². The molecule has 1 saturated carbocycles. The molecule has 0 radical (unpaired) electrons. The number of hydrogen-bond donors (Lipinski definition) is 5. The van der Waals surface area contributed by atoms with Crippen molar-refractivity contribution in [1.82, 2.24) is 0 Å². The van der Waals surface area contributed by atoms with Crippen LogP contribution < -0.4 is 5.73 Å². The largest absolute Gasteiger partial charge is 0.511 e. The molecule has 0 bridgehead atoms. The first-order chi connectivity index (χ1) is 13.5. The Kier molecular flexibility index (Phi) is 4.08. The third-order valence-corrected chi connectivity index (χ3v) is 6.55. The quantitative estimate of drug-likeness (QED) is 0.432. The van der Waals surface area contributed by atoms with Gasteiger partial charge in [0, 0.05) is 28.5 Å². The van der Waals surface area contributed by atoms with E-state index < -0.39 is 57.9 Å². The van der Waals surface area contributed by atoms with E-state index in [1.54, 1.807) is 0 Å². The highest BCUT2D eigenvalue weighted by atomic mass is 35.5. The summed E-state index contributed by atoms with van der Waals surface area (Å²) in [5, 5.41) is 43.0. The van der Waals surface area contributed by atoms with Crippen LogP contribution in [0.15, 0.2) is 29.0 Å². The number of phenols is 1. The highest BCUT2D eigenvalue weighted by Crippen LogP contribution is 2.56. The van der Waals surface area contributed by atoms with Gasteiger partial charge >= 0.3 is 0 Å². The molecule has 1 aromatic carbocycles. The maximum absolute atomic E-state index is 13.3. The zero-order chi connectivity index (χ0) is 21.4. The van der Waals surface area contributed by atoms with Gasteiger partial charge in [0.15, 0.2) is 11.6 Å². The van der Waals surface area contributed by atoms with Crippen LogP contribution in [-0.4, -0.2) is 37.9 Å². The molecule has 1 amide bonds. The number of halogens is 1. The molecule has 6 N–H and O–H groups in total. The summed E-state index contributed by atoms with van der Waals surface area (Å²) in [7, 11) is 0. The van der Waals surface area contributed by atoms with Crippen LogP contribution in [0.4, 0.5) is 0 Å². The molecule has 1 aromatic rings. The van der Waals surface area contributed by atoms with Crippen LogP contribution in [0, 0.1) is 17.8 Å². The first-order valence-corrected chi connectivity index (χ1v) is 9.34. The molecule has 4 atom stereocenters. The number of aliphatic hydroxyl groups is 3. The normalized spacial score (nSPS) is 31.3. The molecule has 0 heterocycles. The van der Waals surface area contributed by atoms with Gasteiger partial charge < -0.3 is 26.2 Å². The lowest BCUT2D eigenvalue weighted by Gasteiger charge is -2.47. The van der Waals surface area contributed by atoms with Crippen molar-refractivity contribution in [2.24, 2.45) is 23.5 Å². The van der Waals surface area contributed by atoms with E-state index in [1.165, 1.54) is 19.1 Å². The number of carbonyl (C=O) groups is 3. The molecular weight excluding hydrogens is 402 g/mol. The second-order valence-corrected chi connectivity index (χ2v) is 8.28. The van der Waals surface area contributed by atoms with E-state index in [-0.39, 0.29) is 40.3 Å². The maximum Gasteiger partial charge on any atom is 0.255 e. The van der Waals surface area contributed by atoms with Crippen molar-refractivity contribution < 1.29 is 34.8 Å². The molecule has 9 heteroatoms. The summed E-state index contributed by atoms with van der Waals surface area (Å²) < 4.78 is 0. The third-order valence-electron chi connectivity index (χ3n) is 6.24. The Morgan fingerprint density at radius 2 is 1.90 bits per heavy atom. The molecule has 152 valence electrons. The molecule has 1 fully saturated rings. The molecule has 0 spiro atoms. The molecule has 4 unspecified atom stereocenters. The van der Waals surface area contributed by atoms with E-state index in [4.69, 9.17) is 17.3 Å². The SMILES string of the molecule is CC1(O)c2c(Cl)ccc(O)c2C(O)=C2C(=O)C3C(O)=C(C(N)=O)C(=O)CC3CC21. The summed E-state index contributed by atoms with van der Waals surface area (Å²) in [5.41, 5.74) is 2.55. The van der Waals surface area contributed by atoms with Crippen LogP contribution in [0.2, 0.25) is 5.02 Å². The van der Waals surface area contributed by atoms with Crippen molar-refractivity contribution in [3.63, 3.8) is 0 Å². The lowest BCUT2D eigenvalue weighted by molar-refractivity contribution is -0.130. The molecule has 0 saturated heterocycles. The summed E-state index contributed by atoms with van der Waals surface area (Å²) in [4.78, 5) is 37.1.